The highest BCUT2D eigenvalue weighted by Crippen LogP contribution is 2.44. The Hall–Kier alpha value is -3.91. The standard InChI is InChI=1S/C32H29NO/c1-24-30(26-16-8-3-9-17-26)29(32(34)28-20-12-5-13-21-28)23-33(22-25-14-6-2-7-15-25)31(24)27-18-10-4-11-19-27/h2-21,29-30H,22-23H2,1H3/t29-,30-/m0/s1. The lowest BCUT2D eigenvalue weighted by molar-refractivity contribution is 0.0872. The molecule has 0 aliphatic carbocycles. The number of benzene rings is 4. The highest BCUT2D eigenvalue weighted by Gasteiger charge is 2.39. The average Bonchev–Trinajstić information content (AvgIpc) is 2.90. The van der Waals surface area contributed by atoms with Gasteiger partial charge in [0.1, 0.15) is 0 Å². The zero-order valence-electron chi connectivity index (χ0n) is 19.5. The Morgan fingerprint density at radius 1 is 0.735 bits per heavy atom. The summed E-state index contributed by atoms with van der Waals surface area (Å²) in [7, 11) is 0. The number of carbonyl (C=O) groups is 1. The van der Waals surface area contributed by atoms with Gasteiger partial charge in [0.25, 0.3) is 0 Å². The summed E-state index contributed by atoms with van der Waals surface area (Å²) < 4.78 is 0. The molecular weight excluding hydrogens is 414 g/mol. The lowest BCUT2D eigenvalue weighted by atomic mass is 9.73. The summed E-state index contributed by atoms with van der Waals surface area (Å²) in [6, 6.07) is 41.4. The molecule has 34 heavy (non-hydrogen) atoms. The molecule has 0 saturated heterocycles. The van der Waals surface area contributed by atoms with Crippen LogP contribution in [0.15, 0.2) is 127 Å². The fourth-order valence-corrected chi connectivity index (χ4v) is 5.28. The molecule has 1 aliphatic heterocycles. The number of ketones is 1. The number of allylic oxidation sites excluding steroid dienone is 1. The predicted octanol–water partition coefficient (Wildman–Crippen LogP) is 7.22. The van der Waals surface area contributed by atoms with Crippen molar-refractivity contribution in [2.45, 2.75) is 19.4 Å². The monoisotopic (exact) mass is 443 g/mol. The number of rotatable bonds is 6. The summed E-state index contributed by atoms with van der Waals surface area (Å²) in [4.78, 5) is 16.3. The molecule has 2 nitrogen and oxygen atoms in total. The molecule has 1 aliphatic rings. The smallest absolute Gasteiger partial charge is 0.168 e. The molecule has 4 aromatic rings. The fraction of sp³-hybridized carbons (Fsp3) is 0.156. The van der Waals surface area contributed by atoms with Gasteiger partial charge in [0.15, 0.2) is 5.78 Å². The molecule has 0 unspecified atom stereocenters. The summed E-state index contributed by atoms with van der Waals surface area (Å²) in [5.41, 5.74) is 6.89. The van der Waals surface area contributed by atoms with Gasteiger partial charge < -0.3 is 4.90 Å². The summed E-state index contributed by atoms with van der Waals surface area (Å²) >= 11 is 0. The van der Waals surface area contributed by atoms with Crippen molar-refractivity contribution < 1.29 is 4.79 Å². The van der Waals surface area contributed by atoms with E-state index in [1.54, 1.807) is 0 Å². The number of Topliss-reactive ketones (excluding diaryl/α,β-unsaturated/α-hetero) is 1. The van der Waals surface area contributed by atoms with E-state index in [-0.39, 0.29) is 17.6 Å². The van der Waals surface area contributed by atoms with Gasteiger partial charge in [-0.15, -0.1) is 0 Å². The topological polar surface area (TPSA) is 20.3 Å². The second-order valence-corrected chi connectivity index (χ2v) is 8.99. The van der Waals surface area contributed by atoms with Crippen LogP contribution in [0.1, 0.15) is 39.9 Å². The highest BCUT2D eigenvalue weighted by atomic mass is 16.1. The first-order chi connectivity index (χ1) is 16.7. The van der Waals surface area contributed by atoms with E-state index in [2.05, 4.69) is 90.7 Å². The maximum Gasteiger partial charge on any atom is 0.168 e. The first kappa shape index (κ1) is 21.9. The van der Waals surface area contributed by atoms with Gasteiger partial charge in [0.2, 0.25) is 0 Å². The van der Waals surface area contributed by atoms with Crippen molar-refractivity contribution in [1.82, 2.24) is 4.90 Å². The van der Waals surface area contributed by atoms with Gasteiger partial charge in [-0.25, -0.2) is 0 Å². The van der Waals surface area contributed by atoms with E-state index < -0.39 is 0 Å². The quantitative estimate of drug-likeness (QED) is 0.293. The highest BCUT2D eigenvalue weighted by molar-refractivity contribution is 5.99. The van der Waals surface area contributed by atoms with Crippen LogP contribution in [0.4, 0.5) is 0 Å². The molecule has 4 aromatic carbocycles. The SMILES string of the molecule is CC1=C(c2ccccc2)N(Cc2ccccc2)C[C@H](C(=O)c2ccccc2)[C@@H]1c1ccccc1. The predicted molar refractivity (Wildman–Crippen MR) is 139 cm³/mol. The molecule has 1 heterocycles. The average molecular weight is 444 g/mol. The van der Waals surface area contributed by atoms with E-state index in [1.165, 1.54) is 28.0 Å². The lowest BCUT2D eigenvalue weighted by Crippen LogP contribution is -2.41. The Labute approximate surface area is 202 Å². The van der Waals surface area contributed by atoms with Crippen LogP contribution in [-0.2, 0) is 6.54 Å². The van der Waals surface area contributed by atoms with Crippen molar-refractivity contribution in [2.24, 2.45) is 5.92 Å². The molecule has 2 heteroatoms. The molecule has 0 radical (unpaired) electrons. The Morgan fingerprint density at radius 3 is 1.88 bits per heavy atom. The molecule has 5 rings (SSSR count). The molecule has 0 spiro atoms. The Bertz CT molecular complexity index is 1260. The van der Waals surface area contributed by atoms with Gasteiger partial charge in [0.05, 0.1) is 5.92 Å². The molecule has 0 bridgehead atoms. The van der Waals surface area contributed by atoms with Crippen molar-refractivity contribution in [1.29, 1.82) is 0 Å². The summed E-state index contributed by atoms with van der Waals surface area (Å²) in [5.74, 6) is 0.0658. The molecule has 2 atom stereocenters. The van der Waals surface area contributed by atoms with Crippen LogP contribution in [0, 0.1) is 5.92 Å². The van der Waals surface area contributed by atoms with Crippen molar-refractivity contribution in [2.75, 3.05) is 6.54 Å². The largest absolute Gasteiger partial charge is 0.366 e. The molecule has 0 N–H and O–H groups in total. The van der Waals surface area contributed by atoms with Crippen LogP contribution in [0.2, 0.25) is 0 Å². The van der Waals surface area contributed by atoms with E-state index in [0.29, 0.717) is 6.54 Å². The number of hydrogen-bond donors (Lipinski definition) is 0. The van der Waals surface area contributed by atoms with E-state index in [1.807, 2.05) is 42.5 Å². The molecular formula is C32H29NO. The Balaban J connectivity index is 1.66. The van der Waals surface area contributed by atoms with E-state index in [0.717, 1.165) is 12.1 Å². The Kier molecular flexibility index (Phi) is 6.40. The van der Waals surface area contributed by atoms with E-state index in [4.69, 9.17) is 0 Å². The number of hydrogen-bond acceptors (Lipinski definition) is 2. The van der Waals surface area contributed by atoms with Crippen LogP contribution in [0.5, 0.6) is 0 Å². The zero-order chi connectivity index (χ0) is 23.3. The van der Waals surface area contributed by atoms with Gasteiger partial charge in [-0.3, -0.25) is 4.79 Å². The molecule has 168 valence electrons. The van der Waals surface area contributed by atoms with Crippen molar-refractivity contribution in [3.63, 3.8) is 0 Å². The lowest BCUT2D eigenvalue weighted by Gasteiger charge is -2.42. The number of nitrogens with zero attached hydrogens (tertiary/aromatic N) is 1. The van der Waals surface area contributed by atoms with Gasteiger partial charge in [0, 0.05) is 30.3 Å². The van der Waals surface area contributed by atoms with Crippen LogP contribution in [-0.4, -0.2) is 17.2 Å². The third-order valence-corrected chi connectivity index (χ3v) is 6.79. The van der Waals surface area contributed by atoms with Gasteiger partial charge in [-0.05, 0) is 29.2 Å². The molecule has 0 amide bonds. The summed E-state index contributed by atoms with van der Waals surface area (Å²) in [5, 5.41) is 0. The second kappa shape index (κ2) is 9.93. The third kappa shape index (κ3) is 4.45. The first-order valence-electron chi connectivity index (χ1n) is 11.9. The van der Waals surface area contributed by atoms with Crippen LogP contribution >= 0.6 is 0 Å². The van der Waals surface area contributed by atoms with Gasteiger partial charge in [-0.2, -0.15) is 0 Å². The fourth-order valence-electron chi connectivity index (χ4n) is 5.28. The van der Waals surface area contributed by atoms with Crippen LogP contribution < -0.4 is 0 Å². The van der Waals surface area contributed by atoms with Crippen LogP contribution in [0.25, 0.3) is 5.70 Å². The molecule has 0 fully saturated rings. The van der Waals surface area contributed by atoms with E-state index in [9.17, 15) is 4.79 Å². The zero-order valence-corrected chi connectivity index (χ0v) is 19.5. The van der Waals surface area contributed by atoms with Gasteiger partial charge >= 0.3 is 0 Å². The molecule has 0 saturated carbocycles. The van der Waals surface area contributed by atoms with Crippen molar-refractivity contribution in [3.05, 3.63) is 149 Å². The number of carbonyl (C=O) groups excluding carboxylic acids is 1. The minimum absolute atomic E-state index is 0.0242. The first-order valence-corrected chi connectivity index (χ1v) is 11.9. The summed E-state index contributed by atoms with van der Waals surface area (Å²) in [6.45, 7) is 3.65. The second-order valence-electron chi connectivity index (χ2n) is 8.99. The van der Waals surface area contributed by atoms with Crippen molar-refractivity contribution >= 4 is 11.5 Å². The normalized spacial score (nSPS) is 18.1. The Morgan fingerprint density at radius 2 is 1.26 bits per heavy atom. The molecule has 0 aromatic heterocycles. The maximum atomic E-state index is 13.9. The van der Waals surface area contributed by atoms with Gasteiger partial charge in [-0.1, -0.05) is 121 Å². The van der Waals surface area contributed by atoms with E-state index >= 15 is 0 Å². The van der Waals surface area contributed by atoms with Crippen LogP contribution in [0.3, 0.4) is 0 Å². The maximum absolute atomic E-state index is 13.9. The third-order valence-electron chi connectivity index (χ3n) is 6.79. The summed E-state index contributed by atoms with van der Waals surface area (Å²) in [6.07, 6.45) is 0. The minimum Gasteiger partial charge on any atom is -0.366 e. The van der Waals surface area contributed by atoms with Crippen molar-refractivity contribution in [3.8, 4) is 0 Å². The minimum atomic E-state index is -0.166.